The Morgan fingerprint density at radius 2 is 1.35 bits per heavy atom. The van der Waals surface area contributed by atoms with Gasteiger partial charge in [0, 0.05) is 5.41 Å². The Kier molecular flexibility index (Phi) is 8.55. The minimum atomic E-state index is -0.722. The molecule has 0 unspecified atom stereocenters. The van der Waals surface area contributed by atoms with E-state index in [0.29, 0.717) is 0 Å². The molecule has 0 aromatic heterocycles. The van der Waals surface area contributed by atoms with E-state index in [-0.39, 0.29) is 5.41 Å². The summed E-state index contributed by atoms with van der Waals surface area (Å²) in [6.45, 7) is 13.1. The number of hydrogen-bond donors (Lipinski definition) is 1. The van der Waals surface area contributed by atoms with Gasteiger partial charge in [-0.25, -0.2) is 0 Å². The number of rotatable bonds is 10. The second-order valence-corrected chi connectivity index (χ2v) is 9.64. The lowest BCUT2D eigenvalue weighted by atomic mass is 9.70. The molecule has 1 heteroatoms. The molecule has 0 bridgehead atoms. The summed E-state index contributed by atoms with van der Waals surface area (Å²) in [4.78, 5) is 0. The number of aliphatic hydroxyl groups is 1. The van der Waals surface area contributed by atoms with Crippen molar-refractivity contribution >= 4 is 6.08 Å². The largest absolute Gasteiger partial charge is 0.386 e. The van der Waals surface area contributed by atoms with Crippen molar-refractivity contribution in [2.24, 2.45) is 0 Å². The summed E-state index contributed by atoms with van der Waals surface area (Å²) in [6.07, 6.45) is 8.66. The van der Waals surface area contributed by atoms with Crippen LogP contribution >= 0.6 is 0 Å². The maximum atomic E-state index is 10.6. The molecule has 0 aliphatic carbocycles. The lowest BCUT2D eigenvalue weighted by molar-refractivity contribution is 0.0836. The van der Waals surface area contributed by atoms with Gasteiger partial charge in [0.05, 0.1) is 5.60 Å². The average molecular weight is 455 g/mol. The maximum Gasteiger partial charge on any atom is 0.0825 e. The Balaban J connectivity index is 1.95. The maximum absolute atomic E-state index is 10.6. The molecule has 0 heterocycles. The normalized spacial score (nSPS) is 12.4. The molecule has 0 aliphatic rings. The lowest BCUT2D eigenvalue weighted by Crippen LogP contribution is -2.26. The van der Waals surface area contributed by atoms with Gasteiger partial charge in [-0.1, -0.05) is 114 Å². The van der Waals surface area contributed by atoms with Crippen LogP contribution in [0.25, 0.3) is 17.2 Å². The van der Waals surface area contributed by atoms with E-state index in [1.165, 1.54) is 38.9 Å². The fourth-order valence-corrected chi connectivity index (χ4v) is 5.08. The van der Waals surface area contributed by atoms with Gasteiger partial charge in [-0.15, -0.1) is 0 Å². The first-order chi connectivity index (χ1) is 16.3. The summed E-state index contributed by atoms with van der Waals surface area (Å²) >= 11 is 0. The fourth-order valence-electron chi connectivity index (χ4n) is 5.08. The fraction of sp³-hybridized carbons (Fsp3) is 0.394. The molecule has 180 valence electrons. The van der Waals surface area contributed by atoms with Gasteiger partial charge in [-0.2, -0.15) is 0 Å². The third-order valence-corrected chi connectivity index (χ3v) is 7.93. The van der Waals surface area contributed by atoms with Crippen LogP contribution in [0.3, 0.4) is 0 Å². The third kappa shape index (κ3) is 5.36. The van der Waals surface area contributed by atoms with Crippen LogP contribution in [0, 0.1) is 6.92 Å². The third-order valence-electron chi connectivity index (χ3n) is 7.93. The van der Waals surface area contributed by atoms with Crippen molar-refractivity contribution in [3.8, 4) is 11.1 Å². The van der Waals surface area contributed by atoms with Crippen LogP contribution in [0.5, 0.6) is 0 Å². The summed E-state index contributed by atoms with van der Waals surface area (Å²) in [5.74, 6) is 0. The van der Waals surface area contributed by atoms with E-state index in [0.717, 1.165) is 32.1 Å². The predicted octanol–water partition coefficient (Wildman–Crippen LogP) is 8.89. The quantitative estimate of drug-likeness (QED) is 0.324. The molecule has 0 saturated heterocycles. The summed E-state index contributed by atoms with van der Waals surface area (Å²) < 4.78 is 0. The molecule has 0 saturated carbocycles. The van der Waals surface area contributed by atoms with Crippen molar-refractivity contribution < 1.29 is 5.11 Å². The molecule has 0 amide bonds. The molecule has 3 rings (SSSR count). The summed E-state index contributed by atoms with van der Waals surface area (Å²) in [6, 6.07) is 24.9. The number of benzene rings is 3. The molecule has 0 aliphatic heterocycles. The zero-order valence-electron chi connectivity index (χ0n) is 22.0. The highest BCUT2D eigenvalue weighted by Crippen LogP contribution is 2.40. The molecule has 0 atom stereocenters. The van der Waals surface area contributed by atoms with Crippen LogP contribution < -0.4 is 0 Å². The zero-order valence-corrected chi connectivity index (χ0v) is 22.0. The van der Waals surface area contributed by atoms with E-state index < -0.39 is 5.60 Å². The second kappa shape index (κ2) is 11.2. The highest BCUT2D eigenvalue weighted by Gasteiger charge is 2.31. The minimum Gasteiger partial charge on any atom is -0.386 e. The average Bonchev–Trinajstić information content (AvgIpc) is 2.89. The predicted molar refractivity (Wildman–Crippen MR) is 148 cm³/mol. The van der Waals surface area contributed by atoms with E-state index in [1.807, 2.05) is 19.9 Å². The van der Waals surface area contributed by atoms with Gasteiger partial charge in [0.1, 0.15) is 0 Å². The van der Waals surface area contributed by atoms with E-state index in [1.54, 1.807) is 0 Å². The Labute approximate surface area is 207 Å². The summed E-state index contributed by atoms with van der Waals surface area (Å²) in [5, 5.41) is 10.6. The standard InChI is InChI=1S/C33H42O/c1-7-26-13-12-14-29(24-26)28-16-18-30(19-17-28)33(10-4,11-5)31-20-15-27(25(6)23-31)21-22-32(34,8-2)9-3/h12-24,34H,7-11H2,1-6H3. The Hall–Kier alpha value is -2.64. The molecule has 34 heavy (non-hydrogen) atoms. The van der Waals surface area contributed by atoms with Gasteiger partial charge in [-0.3, -0.25) is 0 Å². The van der Waals surface area contributed by atoms with E-state index in [9.17, 15) is 5.11 Å². The molecule has 1 nitrogen and oxygen atoms in total. The highest BCUT2D eigenvalue weighted by molar-refractivity contribution is 5.65. The van der Waals surface area contributed by atoms with Crippen LogP contribution in [0.4, 0.5) is 0 Å². The highest BCUT2D eigenvalue weighted by atomic mass is 16.3. The first-order valence-electron chi connectivity index (χ1n) is 13.1. The first-order valence-corrected chi connectivity index (χ1v) is 13.1. The topological polar surface area (TPSA) is 20.2 Å². The van der Waals surface area contributed by atoms with E-state index >= 15 is 0 Å². The number of hydrogen-bond acceptors (Lipinski definition) is 1. The minimum absolute atomic E-state index is 0.00955. The summed E-state index contributed by atoms with van der Waals surface area (Å²) in [5.41, 5.74) is 8.38. The monoisotopic (exact) mass is 454 g/mol. The van der Waals surface area contributed by atoms with Gasteiger partial charge >= 0.3 is 0 Å². The van der Waals surface area contributed by atoms with Crippen LogP contribution in [-0.4, -0.2) is 10.7 Å². The number of aryl methyl sites for hydroxylation is 2. The van der Waals surface area contributed by atoms with Gasteiger partial charge in [0.25, 0.3) is 0 Å². The molecule has 0 radical (unpaired) electrons. The van der Waals surface area contributed by atoms with Crippen molar-refractivity contribution in [2.75, 3.05) is 0 Å². The van der Waals surface area contributed by atoms with Crippen LogP contribution in [0.15, 0.2) is 72.8 Å². The Morgan fingerprint density at radius 1 is 0.706 bits per heavy atom. The van der Waals surface area contributed by atoms with Gasteiger partial charge in [0.15, 0.2) is 0 Å². The molecule has 1 N–H and O–H groups in total. The van der Waals surface area contributed by atoms with Gasteiger partial charge in [0.2, 0.25) is 0 Å². The SMILES string of the molecule is CCc1cccc(-c2ccc(C(CC)(CC)c3ccc(C=CC(O)(CC)CC)c(C)c3)cc2)c1. The van der Waals surface area contributed by atoms with Crippen molar-refractivity contribution in [3.63, 3.8) is 0 Å². The second-order valence-electron chi connectivity index (χ2n) is 9.64. The van der Waals surface area contributed by atoms with Crippen LogP contribution in [-0.2, 0) is 11.8 Å². The molecule has 0 fully saturated rings. The van der Waals surface area contributed by atoms with Crippen molar-refractivity contribution in [3.05, 3.63) is 101 Å². The van der Waals surface area contributed by atoms with Crippen molar-refractivity contribution in [1.82, 2.24) is 0 Å². The van der Waals surface area contributed by atoms with E-state index in [2.05, 4.69) is 101 Å². The molecule has 3 aromatic rings. The molecule has 0 spiro atoms. The van der Waals surface area contributed by atoms with Gasteiger partial charge < -0.3 is 5.11 Å². The molecular weight excluding hydrogens is 412 g/mol. The van der Waals surface area contributed by atoms with Crippen LogP contribution in [0.2, 0.25) is 0 Å². The zero-order chi connectivity index (χ0) is 24.8. The Morgan fingerprint density at radius 3 is 1.91 bits per heavy atom. The smallest absolute Gasteiger partial charge is 0.0825 e. The summed E-state index contributed by atoms with van der Waals surface area (Å²) in [7, 11) is 0. The van der Waals surface area contributed by atoms with Crippen molar-refractivity contribution in [2.45, 2.75) is 84.7 Å². The van der Waals surface area contributed by atoms with Crippen molar-refractivity contribution in [1.29, 1.82) is 0 Å². The van der Waals surface area contributed by atoms with Crippen LogP contribution in [0.1, 0.15) is 88.1 Å². The molecule has 3 aromatic carbocycles. The van der Waals surface area contributed by atoms with Gasteiger partial charge in [-0.05, 0) is 78.0 Å². The first kappa shape index (κ1) is 26.0. The Bertz CT molecular complexity index is 1100. The van der Waals surface area contributed by atoms with E-state index in [4.69, 9.17) is 0 Å². The lowest BCUT2D eigenvalue weighted by Gasteiger charge is -2.34. The molecular formula is C33H42O.